The molecule has 2 amide bonds. The van der Waals surface area contributed by atoms with Gasteiger partial charge in [0.05, 0.1) is 18.0 Å². The summed E-state index contributed by atoms with van der Waals surface area (Å²) in [5, 5.41) is 13.5. The Balaban J connectivity index is 1.43. The number of amides is 2. The van der Waals surface area contributed by atoms with Gasteiger partial charge in [-0.15, -0.1) is 5.10 Å². The standard InChI is InChI=1S/C24H33N9O4/c1-5-16(3)37-23-28-20(25)22-27-13-18(33(22)29-23)11-17-10-15(2)21(26-12-17)32-8-6-31(7-9-32)19(34)14-30(4)24(35)36/h10,12-13,16H,5-9,11,14H2,1-4H3,(H,35,36)(H2,25,28,29)/t16-/m0/s1. The van der Waals surface area contributed by atoms with Crippen LogP contribution in [0.2, 0.25) is 0 Å². The molecule has 4 rings (SSSR count). The highest BCUT2D eigenvalue weighted by Gasteiger charge is 2.24. The molecule has 1 atom stereocenters. The van der Waals surface area contributed by atoms with Gasteiger partial charge in [0.15, 0.2) is 11.5 Å². The first-order valence-electron chi connectivity index (χ1n) is 12.2. The van der Waals surface area contributed by atoms with Crippen LogP contribution in [0.1, 0.15) is 37.1 Å². The van der Waals surface area contributed by atoms with Crippen LogP contribution in [0.25, 0.3) is 5.65 Å². The van der Waals surface area contributed by atoms with Crippen LogP contribution in [0.5, 0.6) is 6.01 Å². The molecule has 0 aromatic carbocycles. The third-order valence-corrected chi connectivity index (χ3v) is 6.44. The Bertz CT molecular complexity index is 1290. The zero-order valence-electron chi connectivity index (χ0n) is 21.6. The first-order valence-corrected chi connectivity index (χ1v) is 12.2. The average Bonchev–Trinajstić information content (AvgIpc) is 3.27. The number of hydrogen-bond donors (Lipinski definition) is 2. The van der Waals surface area contributed by atoms with Gasteiger partial charge in [-0.3, -0.25) is 4.79 Å². The molecule has 0 spiro atoms. The number of ether oxygens (including phenoxy) is 1. The number of carbonyl (C=O) groups is 2. The number of carbonyl (C=O) groups excluding carboxylic acids is 1. The summed E-state index contributed by atoms with van der Waals surface area (Å²) < 4.78 is 7.43. The molecule has 0 saturated carbocycles. The molecule has 0 bridgehead atoms. The van der Waals surface area contributed by atoms with E-state index in [4.69, 9.17) is 20.6 Å². The molecule has 13 heteroatoms. The molecule has 198 valence electrons. The van der Waals surface area contributed by atoms with Crippen molar-refractivity contribution in [1.82, 2.24) is 34.4 Å². The van der Waals surface area contributed by atoms with Crippen molar-refractivity contribution in [3.63, 3.8) is 0 Å². The zero-order valence-corrected chi connectivity index (χ0v) is 21.6. The van der Waals surface area contributed by atoms with Gasteiger partial charge in [0, 0.05) is 45.8 Å². The van der Waals surface area contributed by atoms with Crippen molar-refractivity contribution in [2.24, 2.45) is 0 Å². The van der Waals surface area contributed by atoms with Crippen molar-refractivity contribution in [2.75, 3.05) is 50.4 Å². The number of aryl methyl sites for hydroxylation is 1. The Morgan fingerprint density at radius 2 is 1.95 bits per heavy atom. The van der Waals surface area contributed by atoms with E-state index in [9.17, 15) is 9.59 Å². The number of aromatic nitrogens is 5. The molecule has 3 aromatic rings. The summed E-state index contributed by atoms with van der Waals surface area (Å²) >= 11 is 0. The summed E-state index contributed by atoms with van der Waals surface area (Å²) in [7, 11) is 1.39. The third-order valence-electron chi connectivity index (χ3n) is 6.44. The maximum absolute atomic E-state index is 12.4. The second-order valence-electron chi connectivity index (χ2n) is 9.27. The number of hydrogen-bond acceptors (Lipinski definition) is 9. The number of anilines is 2. The molecular formula is C24H33N9O4. The first kappa shape index (κ1) is 25.9. The Morgan fingerprint density at radius 3 is 2.59 bits per heavy atom. The lowest BCUT2D eigenvalue weighted by Crippen LogP contribution is -2.51. The summed E-state index contributed by atoms with van der Waals surface area (Å²) in [5.74, 6) is 0.934. The largest absolute Gasteiger partial charge is 0.465 e. The lowest BCUT2D eigenvalue weighted by Gasteiger charge is -2.36. The van der Waals surface area contributed by atoms with Crippen LogP contribution < -0.4 is 15.4 Å². The van der Waals surface area contributed by atoms with Crippen LogP contribution in [0.3, 0.4) is 0 Å². The number of fused-ring (bicyclic) bond motifs is 1. The highest BCUT2D eigenvalue weighted by Crippen LogP contribution is 2.22. The molecule has 1 aliphatic heterocycles. The topological polar surface area (TPSA) is 155 Å². The van der Waals surface area contributed by atoms with Crippen LogP contribution in [-0.2, 0) is 11.2 Å². The first-order chi connectivity index (χ1) is 17.7. The number of nitrogens with two attached hydrogens (primary N) is 1. The molecule has 3 N–H and O–H groups in total. The van der Waals surface area contributed by atoms with Crippen LogP contribution in [0.4, 0.5) is 16.4 Å². The van der Waals surface area contributed by atoms with Crippen molar-refractivity contribution in [2.45, 2.75) is 39.7 Å². The fraction of sp³-hybridized carbons (Fsp3) is 0.500. The molecule has 13 nitrogen and oxygen atoms in total. The second-order valence-corrected chi connectivity index (χ2v) is 9.27. The van der Waals surface area contributed by atoms with E-state index >= 15 is 0 Å². The summed E-state index contributed by atoms with van der Waals surface area (Å²) in [4.78, 5) is 41.5. The van der Waals surface area contributed by atoms with Crippen LogP contribution >= 0.6 is 0 Å². The van der Waals surface area contributed by atoms with E-state index in [1.165, 1.54) is 7.05 Å². The average molecular weight is 512 g/mol. The summed E-state index contributed by atoms with van der Waals surface area (Å²) in [6, 6.07) is 2.30. The highest BCUT2D eigenvalue weighted by atomic mass is 16.5. The van der Waals surface area contributed by atoms with Gasteiger partial charge in [-0.05, 0) is 31.4 Å². The number of nitrogen functional groups attached to an aromatic ring is 1. The predicted molar refractivity (Wildman–Crippen MR) is 137 cm³/mol. The number of nitrogens with zero attached hydrogens (tertiary/aromatic N) is 8. The minimum atomic E-state index is -1.12. The van der Waals surface area contributed by atoms with Gasteiger partial charge in [0.2, 0.25) is 5.91 Å². The number of imidazole rings is 1. The van der Waals surface area contributed by atoms with E-state index < -0.39 is 6.09 Å². The molecule has 0 unspecified atom stereocenters. The molecule has 0 radical (unpaired) electrons. The lowest BCUT2D eigenvalue weighted by molar-refractivity contribution is -0.132. The van der Waals surface area contributed by atoms with Crippen molar-refractivity contribution < 1.29 is 19.4 Å². The van der Waals surface area contributed by atoms with Crippen molar-refractivity contribution in [3.05, 3.63) is 35.3 Å². The van der Waals surface area contributed by atoms with E-state index in [2.05, 4.69) is 26.0 Å². The molecule has 1 aliphatic rings. The number of piperazine rings is 1. The van der Waals surface area contributed by atoms with Crippen molar-refractivity contribution in [3.8, 4) is 6.01 Å². The van der Waals surface area contributed by atoms with E-state index in [1.807, 2.05) is 27.0 Å². The van der Waals surface area contributed by atoms with E-state index in [-0.39, 0.29) is 30.4 Å². The van der Waals surface area contributed by atoms with E-state index in [0.29, 0.717) is 38.2 Å². The van der Waals surface area contributed by atoms with Gasteiger partial charge in [-0.1, -0.05) is 13.0 Å². The quantitative estimate of drug-likeness (QED) is 0.454. The molecule has 1 saturated heterocycles. The summed E-state index contributed by atoms with van der Waals surface area (Å²) in [5.41, 5.74) is 9.42. The summed E-state index contributed by atoms with van der Waals surface area (Å²) in [6.07, 6.45) is 3.79. The zero-order chi connectivity index (χ0) is 26.7. The third kappa shape index (κ3) is 5.81. The Morgan fingerprint density at radius 1 is 1.22 bits per heavy atom. The van der Waals surface area contributed by atoms with Crippen molar-refractivity contribution >= 4 is 29.3 Å². The molecule has 1 fully saturated rings. The molecular weight excluding hydrogens is 478 g/mol. The number of carboxylic acid groups (broad SMARTS) is 1. The smallest absolute Gasteiger partial charge is 0.407 e. The Kier molecular flexibility index (Phi) is 7.60. The fourth-order valence-electron chi connectivity index (χ4n) is 4.16. The van der Waals surface area contributed by atoms with Gasteiger partial charge in [0.1, 0.15) is 12.4 Å². The van der Waals surface area contributed by atoms with Gasteiger partial charge < -0.3 is 30.3 Å². The SMILES string of the molecule is CC[C@H](C)Oc1nc(N)c2ncc(Cc3cnc(N4CCN(C(=O)CN(C)C(=O)O)CC4)c(C)c3)n2n1. The minimum Gasteiger partial charge on any atom is -0.465 e. The van der Waals surface area contributed by atoms with Crippen molar-refractivity contribution in [1.29, 1.82) is 0 Å². The normalized spacial score (nSPS) is 14.6. The number of rotatable bonds is 8. The molecule has 37 heavy (non-hydrogen) atoms. The molecule has 3 aromatic heterocycles. The Hall–Kier alpha value is -4.16. The number of pyridine rings is 1. The molecule has 0 aliphatic carbocycles. The van der Waals surface area contributed by atoms with Gasteiger partial charge in [0.25, 0.3) is 0 Å². The monoisotopic (exact) mass is 511 g/mol. The fourth-order valence-corrected chi connectivity index (χ4v) is 4.16. The molecule has 4 heterocycles. The Labute approximate surface area is 214 Å². The highest BCUT2D eigenvalue weighted by molar-refractivity contribution is 5.82. The summed E-state index contributed by atoms with van der Waals surface area (Å²) in [6.45, 7) is 8.11. The van der Waals surface area contributed by atoms with E-state index in [0.717, 1.165) is 34.0 Å². The van der Waals surface area contributed by atoms with Gasteiger partial charge in [-0.2, -0.15) is 4.98 Å². The predicted octanol–water partition coefficient (Wildman–Crippen LogP) is 1.44. The number of likely N-dealkylation sites (N-methyl/N-ethyl adjacent to an activating group) is 1. The van der Waals surface area contributed by atoms with Crippen LogP contribution in [0.15, 0.2) is 18.5 Å². The lowest BCUT2D eigenvalue weighted by atomic mass is 10.1. The van der Waals surface area contributed by atoms with Crippen LogP contribution in [0, 0.1) is 6.92 Å². The van der Waals surface area contributed by atoms with Crippen LogP contribution in [-0.4, -0.2) is 97.3 Å². The maximum Gasteiger partial charge on any atom is 0.407 e. The minimum absolute atomic E-state index is 0.0331. The van der Waals surface area contributed by atoms with Gasteiger partial charge >= 0.3 is 12.1 Å². The maximum atomic E-state index is 12.4. The second kappa shape index (κ2) is 10.8. The van der Waals surface area contributed by atoms with Gasteiger partial charge in [-0.25, -0.2) is 19.3 Å². The van der Waals surface area contributed by atoms with E-state index in [1.54, 1.807) is 15.6 Å².